The van der Waals surface area contributed by atoms with Crippen LogP contribution in [0, 0.1) is 5.92 Å². The molecule has 1 aliphatic heterocycles. The largest absolute Gasteiger partial charge is 0.460 e. The number of rotatable bonds is 3. The molecule has 6 heteroatoms. The standard InChI is InChI=1S/C13H22F3NO2/c1-12(2,3)19-11(18)7-10-5-4-6-17(8-10)9-13(14,15)16/h10H,4-9H2,1-3H3/t10-/m0/s1. The van der Waals surface area contributed by atoms with Crippen LogP contribution in [0.15, 0.2) is 0 Å². The van der Waals surface area contributed by atoms with Gasteiger partial charge in [0.25, 0.3) is 0 Å². The van der Waals surface area contributed by atoms with Crippen LogP contribution in [0.25, 0.3) is 0 Å². The number of hydrogen-bond acceptors (Lipinski definition) is 3. The summed E-state index contributed by atoms with van der Waals surface area (Å²) < 4.78 is 42.2. The topological polar surface area (TPSA) is 29.5 Å². The van der Waals surface area contributed by atoms with Crippen LogP contribution < -0.4 is 0 Å². The van der Waals surface area contributed by atoms with Crippen molar-refractivity contribution in [3.63, 3.8) is 0 Å². The summed E-state index contributed by atoms with van der Waals surface area (Å²) in [5.41, 5.74) is -0.544. The molecule has 3 nitrogen and oxygen atoms in total. The van der Waals surface area contributed by atoms with Crippen LogP contribution in [0.2, 0.25) is 0 Å². The summed E-state index contributed by atoms with van der Waals surface area (Å²) in [6, 6.07) is 0. The van der Waals surface area contributed by atoms with Gasteiger partial charge < -0.3 is 4.74 Å². The van der Waals surface area contributed by atoms with E-state index in [1.54, 1.807) is 20.8 Å². The third-order valence-corrected chi connectivity index (χ3v) is 2.88. The molecule has 0 aliphatic carbocycles. The number of carbonyl (C=O) groups is 1. The van der Waals surface area contributed by atoms with Crippen molar-refractivity contribution in [1.29, 1.82) is 0 Å². The number of alkyl halides is 3. The Morgan fingerprint density at radius 2 is 1.95 bits per heavy atom. The number of halogens is 3. The molecule has 1 aliphatic rings. The van der Waals surface area contributed by atoms with Crippen molar-refractivity contribution in [2.75, 3.05) is 19.6 Å². The van der Waals surface area contributed by atoms with Crippen molar-refractivity contribution < 1.29 is 22.7 Å². The second kappa shape index (κ2) is 6.11. The number of likely N-dealkylation sites (tertiary alicyclic amines) is 1. The van der Waals surface area contributed by atoms with Gasteiger partial charge >= 0.3 is 12.1 Å². The highest BCUT2D eigenvalue weighted by Crippen LogP contribution is 2.24. The van der Waals surface area contributed by atoms with Crippen LogP contribution in [-0.2, 0) is 9.53 Å². The molecule has 0 bridgehead atoms. The van der Waals surface area contributed by atoms with Crippen LogP contribution in [0.1, 0.15) is 40.0 Å². The minimum Gasteiger partial charge on any atom is -0.460 e. The summed E-state index contributed by atoms with van der Waals surface area (Å²) in [6.07, 6.45) is -2.49. The number of ether oxygens (including phenoxy) is 1. The Morgan fingerprint density at radius 1 is 1.32 bits per heavy atom. The zero-order chi connectivity index (χ0) is 14.7. The average molecular weight is 281 g/mol. The smallest absolute Gasteiger partial charge is 0.401 e. The van der Waals surface area contributed by atoms with Gasteiger partial charge in [0, 0.05) is 13.0 Å². The molecular weight excluding hydrogens is 259 g/mol. The first-order chi connectivity index (χ1) is 8.55. The van der Waals surface area contributed by atoms with Gasteiger partial charge in [0.05, 0.1) is 6.54 Å². The lowest BCUT2D eigenvalue weighted by Gasteiger charge is -2.33. The third-order valence-electron chi connectivity index (χ3n) is 2.88. The van der Waals surface area contributed by atoms with Crippen molar-refractivity contribution in [1.82, 2.24) is 4.90 Å². The molecule has 0 aromatic carbocycles. The van der Waals surface area contributed by atoms with E-state index < -0.39 is 18.3 Å². The highest BCUT2D eigenvalue weighted by Gasteiger charge is 2.33. The van der Waals surface area contributed by atoms with Crippen molar-refractivity contribution in [2.45, 2.75) is 51.8 Å². The highest BCUT2D eigenvalue weighted by molar-refractivity contribution is 5.70. The lowest BCUT2D eigenvalue weighted by molar-refractivity contribution is -0.158. The van der Waals surface area contributed by atoms with Crippen LogP contribution in [0.4, 0.5) is 13.2 Å². The number of nitrogens with zero attached hydrogens (tertiary/aromatic N) is 1. The molecule has 0 spiro atoms. The van der Waals surface area contributed by atoms with Crippen molar-refractivity contribution in [3.05, 3.63) is 0 Å². The summed E-state index contributed by atoms with van der Waals surface area (Å²) in [4.78, 5) is 13.0. The fourth-order valence-electron chi connectivity index (χ4n) is 2.33. The number of carbonyl (C=O) groups excluding carboxylic acids is 1. The van der Waals surface area contributed by atoms with Crippen LogP contribution in [-0.4, -0.2) is 42.3 Å². The Bertz CT molecular complexity index is 310. The second-order valence-corrected chi connectivity index (χ2v) is 6.15. The van der Waals surface area contributed by atoms with Crippen molar-refractivity contribution >= 4 is 5.97 Å². The SMILES string of the molecule is CC(C)(C)OC(=O)C[C@@H]1CCCN(CC(F)(F)F)C1. The minimum atomic E-state index is -4.17. The number of piperidine rings is 1. The molecule has 0 saturated carbocycles. The van der Waals surface area contributed by atoms with E-state index in [-0.39, 0.29) is 18.3 Å². The molecular formula is C13H22F3NO2. The van der Waals surface area contributed by atoms with Gasteiger partial charge in [0.2, 0.25) is 0 Å². The first-order valence-corrected chi connectivity index (χ1v) is 6.56. The average Bonchev–Trinajstić information content (AvgIpc) is 2.11. The van der Waals surface area contributed by atoms with E-state index in [1.165, 1.54) is 4.90 Å². The van der Waals surface area contributed by atoms with Crippen LogP contribution in [0.3, 0.4) is 0 Å². The maximum Gasteiger partial charge on any atom is 0.401 e. The molecule has 0 aromatic heterocycles. The summed E-state index contributed by atoms with van der Waals surface area (Å²) in [5, 5.41) is 0. The highest BCUT2D eigenvalue weighted by atomic mass is 19.4. The van der Waals surface area contributed by atoms with E-state index >= 15 is 0 Å². The van der Waals surface area contributed by atoms with Gasteiger partial charge in [-0.15, -0.1) is 0 Å². The zero-order valence-electron chi connectivity index (χ0n) is 11.7. The minimum absolute atomic E-state index is 0.0362. The Hall–Kier alpha value is -0.780. The molecule has 19 heavy (non-hydrogen) atoms. The third kappa shape index (κ3) is 7.40. The molecule has 0 amide bonds. The molecule has 1 saturated heterocycles. The maximum atomic E-state index is 12.3. The summed E-state index contributed by atoms with van der Waals surface area (Å²) >= 11 is 0. The van der Waals surface area contributed by atoms with E-state index in [4.69, 9.17) is 4.74 Å². The van der Waals surface area contributed by atoms with E-state index in [0.717, 1.165) is 6.42 Å². The molecule has 0 aromatic rings. The quantitative estimate of drug-likeness (QED) is 0.745. The van der Waals surface area contributed by atoms with Gasteiger partial charge in [0.15, 0.2) is 0 Å². The summed E-state index contributed by atoms with van der Waals surface area (Å²) in [5.74, 6) is -0.364. The summed E-state index contributed by atoms with van der Waals surface area (Å²) in [6.45, 7) is 5.21. The van der Waals surface area contributed by atoms with Gasteiger partial charge in [-0.1, -0.05) is 0 Å². The summed E-state index contributed by atoms with van der Waals surface area (Å²) in [7, 11) is 0. The van der Waals surface area contributed by atoms with Crippen LogP contribution in [0.5, 0.6) is 0 Å². The Kier molecular flexibility index (Phi) is 5.24. The fourth-order valence-corrected chi connectivity index (χ4v) is 2.33. The zero-order valence-corrected chi connectivity index (χ0v) is 11.7. The Balaban J connectivity index is 2.41. The maximum absolute atomic E-state index is 12.3. The molecule has 1 heterocycles. The fraction of sp³-hybridized carbons (Fsp3) is 0.923. The molecule has 0 N–H and O–H groups in total. The molecule has 1 fully saturated rings. The molecule has 1 atom stereocenters. The van der Waals surface area contributed by atoms with Crippen molar-refractivity contribution in [3.8, 4) is 0 Å². The lowest BCUT2D eigenvalue weighted by atomic mass is 9.95. The van der Waals surface area contributed by atoms with Gasteiger partial charge in [-0.25, -0.2) is 0 Å². The molecule has 112 valence electrons. The first kappa shape index (κ1) is 16.3. The van der Waals surface area contributed by atoms with Crippen molar-refractivity contribution in [2.24, 2.45) is 5.92 Å². The Labute approximate surface area is 112 Å². The molecule has 1 rings (SSSR count). The first-order valence-electron chi connectivity index (χ1n) is 6.56. The van der Waals surface area contributed by atoms with E-state index in [0.29, 0.717) is 19.5 Å². The lowest BCUT2D eigenvalue weighted by Crippen LogP contribution is -2.42. The monoisotopic (exact) mass is 281 g/mol. The predicted octanol–water partition coefficient (Wildman–Crippen LogP) is 2.99. The number of esters is 1. The van der Waals surface area contributed by atoms with E-state index in [2.05, 4.69) is 0 Å². The van der Waals surface area contributed by atoms with E-state index in [1.807, 2.05) is 0 Å². The molecule has 0 radical (unpaired) electrons. The van der Waals surface area contributed by atoms with Crippen LogP contribution >= 0.6 is 0 Å². The normalized spacial score (nSPS) is 22.3. The van der Waals surface area contributed by atoms with Gasteiger partial charge in [-0.05, 0) is 46.1 Å². The predicted molar refractivity (Wildman–Crippen MR) is 65.7 cm³/mol. The van der Waals surface area contributed by atoms with Gasteiger partial charge in [-0.3, -0.25) is 9.69 Å². The molecule has 0 unspecified atom stereocenters. The van der Waals surface area contributed by atoms with Gasteiger partial charge in [0.1, 0.15) is 5.60 Å². The second-order valence-electron chi connectivity index (χ2n) is 6.15. The Morgan fingerprint density at radius 3 is 2.47 bits per heavy atom. The van der Waals surface area contributed by atoms with E-state index in [9.17, 15) is 18.0 Å². The number of hydrogen-bond donors (Lipinski definition) is 0. The van der Waals surface area contributed by atoms with Gasteiger partial charge in [-0.2, -0.15) is 13.2 Å².